The molecule has 7 aromatic heterocycles. The minimum Gasteiger partial charge on any atom is -0.491 e. The Hall–Kier alpha value is -8.06. The first kappa shape index (κ1) is 67.1. The van der Waals surface area contributed by atoms with Gasteiger partial charge in [-0.2, -0.15) is 5.26 Å². The summed E-state index contributed by atoms with van der Waals surface area (Å²) in [5.74, 6) is 3.35. The Morgan fingerprint density at radius 2 is 1.19 bits per heavy atom. The summed E-state index contributed by atoms with van der Waals surface area (Å²) < 4.78 is 23.5. The van der Waals surface area contributed by atoms with E-state index in [0.29, 0.717) is 134 Å². The molecule has 504 valence electrons. The van der Waals surface area contributed by atoms with Crippen molar-refractivity contribution in [3.05, 3.63) is 189 Å². The lowest BCUT2D eigenvalue weighted by atomic mass is 9.62. The van der Waals surface area contributed by atoms with Crippen molar-refractivity contribution in [3.8, 4) is 57.5 Å². The smallest absolute Gasteiger partial charge is 0.208 e. The molecule has 0 bridgehead atoms. The Morgan fingerprint density at radius 1 is 0.653 bits per heavy atom. The lowest BCUT2D eigenvalue weighted by molar-refractivity contribution is -0.249. The highest BCUT2D eigenvalue weighted by Crippen LogP contribution is 2.55. The average Bonchev–Trinajstić information content (AvgIpc) is 0.971. The summed E-state index contributed by atoms with van der Waals surface area (Å²) in [7, 11) is 2.00. The van der Waals surface area contributed by atoms with E-state index in [4.69, 9.17) is 29.2 Å². The molecule has 6 unspecified atom stereocenters. The SMILES string of the molecule is CN(CC(O)COc1ccc(-c2nc3cc(Br)cnc3[nH]2)cc1)C1CCC(C#N)(C(Oc2ccc(-c3nc4cc(Br)cnc4[nH]3)cc2)(C(O)CC(Oc2ccc(-c3nc4cc(Br)cnc4[nH]3)cc2)C(O)CN2CCC(O)(c3ccccc3)CC2)N2CCCCC2c2cccnc2)CC1. The van der Waals surface area contributed by atoms with Gasteiger partial charge in [-0.05, 0) is 214 Å². The molecule has 6 atom stereocenters. The van der Waals surface area contributed by atoms with Gasteiger partial charge >= 0.3 is 0 Å². The number of fused-ring (bicyclic) bond motifs is 3. The molecule has 0 radical (unpaired) electrons. The maximum absolute atomic E-state index is 14.3. The number of nitriles is 1. The highest BCUT2D eigenvalue weighted by Gasteiger charge is 2.65. The molecule has 4 aromatic carbocycles. The Morgan fingerprint density at radius 3 is 1.72 bits per heavy atom. The van der Waals surface area contributed by atoms with Crippen molar-refractivity contribution in [2.45, 2.75) is 112 Å². The van der Waals surface area contributed by atoms with Gasteiger partial charge in [-0.15, -0.1) is 0 Å². The molecular weight excluding hydrogens is 1440 g/mol. The number of pyridine rings is 4. The van der Waals surface area contributed by atoms with E-state index in [-0.39, 0.29) is 31.7 Å². The number of halogens is 3. The number of imidazole rings is 3. The molecule has 11 aromatic rings. The van der Waals surface area contributed by atoms with Gasteiger partial charge in [0.2, 0.25) is 5.72 Å². The number of H-pyrrole nitrogens is 3. The molecule has 14 rings (SSSR count). The molecule has 3 aliphatic rings. The third kappa shape index (κ3) is 14.3. The van der Waals surface area contributed by atoms with Crippen molar-refractivity contribution in [2.24, 2.45) is 5.41 Å². The van der Waals surface area contributed by atoms with Crippen molar-refractivity contribution >= 4 is 81.3 Å². The normalized spacial score (nSPS) is 20.4. The maximum Gasteiger partial charge on any atom is 0.208 e. The number of hydrogen-bond acceptors (Lipinski definition) is 18. The van der Waals surface area contributed by atoms with Crippen LogP contribution in [0.3, 0.4) is 0 Å². The molecule has 0 amide bonds. The van der Waals surface area contributed by atoms with Crippen LogP contribution in [0.1, 0.15) is 81.4 Å². The Kier molecular flexibility index (Phi) is 19.9. The van der Waals surface area contributed by atoms with E-state index in [1.54, 1.807) is 24.8 Å². The van der Waals surface area contributed by atoms with Gasteiger partial charge in [-0.3, -0.25) is 9.88 Å². The summed E-state index contributed by atoms with van der Waals surface area (Å²) in [6.07, 6.45) is 8.79. The Bertz CT molecular complexity index is 4570. The van der Waals surface area contributed by atoms with Gasteiger partial charge in [0.15, 0.2) is 16.9 Å². The summed E-state index contributed by atoms with van der Waals surface area (Å²) >= 11 is 10.5. The van der Waals surface area contributed by atoms with Crippen molar-refractivity contribution in [1.82, 2.24) is 64.5 Å². The van der Waals surface area contributed by atoms with Gasteiger partial charge in [0.25, 0.3) is 0 Å². The standard InChI is InChI=1S/C74H75Br3N14O7/c1-89(42-55(92)44-96-56-18-12-46(13-19-56)66-83-59-34-51(75)39-80-69(59)86-66)54-24-26-72(45-78,27-25-54)74(91-31-6-5-11-62(91)49-8-7-30-79-38-49,98-58-22-16-48(17-23-58)68-85-61-36-53(77)41-82-71(61)88-68)65(94)37-64(63(93)43-90-32-28-73(95,29-33-90)50-9-3-2-4-10-50)97-57-20-14-47(15-21-57)67-84-60-35-52(76)40-81-70(60)87-67/h2-4,7-10,12-23,30,34-36,38-41,54-55,62-65,92-95H,5-6,11,24-29,31-33,37,42-44H2,1H3,(H,80,83,86)(H,81,84,87)(H,82,85,88). The number of ether oxygens (including phenoxy) is 3. The number of likely N-dealkylation sites (N-methyl/N-ethyl adjacent to an activating group) is 1. The monoisotopic (exact) mass is 1510 g/mol. The first-order chi connectivity index (χ1) is 47.6. The van der Waals surface area contributed by atoms with Crippen LogP contribution in [0.5, 0.6) is 17.2 Å². The van der Waals surface area contributed by atoms with Crippen LogP contribution in [0.4, 0.5) is 0 Å². The second-order valence-corrected chi connectivity index (χ2v) is 28.9. The summed E-state index contributed by atoms with van der Waals surface area (Å²) in [6.45, 7) is 1.94. The number of benzene rings is 4. The molecule has 1 saturated carbocycles. The van der Waals surface area contributed by atoms with Crippen LogP contribution in [0, 0.1) is 16.7 Å². The number of rotatable bonds is 23. The van der Waals surface area contributed by atoms with Crippen LogP contribution in [-0.2, 0) is 5.60 Å². The average molecular weight is 1510 g/mol. The number of hydrogen-bond donors (Lipinski definition) is 7. The second-order valence-electron chi connectivity index (χ2n) is 26.2. The molecule has 0 spiro atoms. The fraction of sp³-hybridized carbons (Fsp3) is 0.351. The maximum atomic E-state index is 14.3. The number of β-amino-alcohol motifs (C(OH)–C–C–N with tert-alkyl or cyclic N) is 1. The zero-order valence-corrected chi connectivity index (χ0v) is 58.7. The largest absolute Gasteiger partial charge is 0.491 e. The molecule has 7 N–H and O–H groups in total. The van der Waals surface area contributed by atoms with E-state index in [1.807, 2.05) is 141 Å². The van der Waals surface area contributed by atoms with Crippen LogP contribution in [0.2, 0.25) is 0 Å². The van der Waals surface area contributed by atoms with Crippen LogP contribution in [0.25, 0.3) is 67.7 Å². The zero-order valence-electron chi connectivity index (χ0n) is 53.9. The second kappa shape index (κ2) is 29.0. The zero-order chi connectivity index (χ0) is 67.5. The molecule has 24 heteroatoms. The van der Waals surface area contributed by atoms with Crippen molar-refractivity contribution in [3.63, 3.8) is 0 Å². The van der Waals surface area contributed by atoms with Crippen molar-refractivity contribution in [2.75, 3.05) is 46.4 Å². The van der Waals surface area contributed by atoms with Gasteiger partial charge in [0.05, 0.1) is 11.7 Å². The predicted octanol–water partition coefficient (Wildman–Crippen LogP) is 12.9. The molecule has 98 heavy (non-hydrogen) atoms. The molecular formula is C74H75Br3N14O7. The molecule has 1 aliphatic carbocycles. The van der Waals surface area contributed by atoms with Crippen LogP contribution in [-0.4, -0.2) is 168 Å². The molecule has 2 saturated heterocycles. The number of aliphatic hydroxyl groups excluding tert-OH is 3. The van der Waals surface area contributed by atoms with Crippen LogP contribution < -0.4 is 14.2 Å². The van der Waals surface area contributed by atoms with E-state index in [0.717, 1.165) is 59.6 Å². The quantitative estimate of drug-likeness (QED) is 0.0313. The number of aromatic nitrogens is 10. The molecule has 2 aliphatic heterocycles. The van der Waals surface area contributed by atoms with Crippen molar-refractivity contribution in [1.29, 1.82) is 5.26 Å². The number of aliphatic hydroxyl groups is 4. The first-order valence-electron chi connectivity index (χ1n) is 33.3. The highest BCUT2D eigenvalue weighted by molar-refractivity contribution is 9.11. The first-order valence-corrected chi connectivity index (χ1v) is 35.6. The lowest BCUT2D eigenvalue weighted by Crippen LogP contribution is -2.72. The molecule has 9 heterocycles. The predicted molar refractivity (Wildman–Crippen MR) is 383 cm³/mol. The third-order valence-electron chi connectivity index (χ3n) is 19.9. The molecule has 21 nitrogen and oxygen atoms in total. The van der Waals surface area contributed by atoms with Crippen LogP contribution in [0.15, 0.2) is 178 Å². The van der Waals surface area contributed by atoms with Crippen LogP contribution >= 0.6 is 47.8 Å². The summed E-state index contributed by atoms with van der Waals surface area (Å²) in [5.41, 5.74) is 4.03. The number of likely N-dealkylation sites (tertiary alicyclic amines) is 2. The van der Waals surface area contributed by atoms with E-state index in [2.05, 4.69) is 110 Å². The summed E-state index contributed by atoms with van der Waals surface area (Å²) in [5, 5.41) is 63.3. The summed E-state index contributed by atoms with van der Waals surface area (Å²) in [6, 6.07) is 44.5. The number of piperidine rings is 2. The van der Waals surface area contributed by atoms with Gasteiger partial charge in [-0.1, -0.05) is 42.8 Å². The van der Waals surface area contributed by atoms with Gasteiger partial charge in [-0.25, -0.2) is 29.9 Å². The summed E-state index contributed by atoms with van der Waals surface area (Å²) in [4.78, 5) is 49.0. The van der Waals surface area contributed by atoms with E-state index >= 15 is 0 Å². The highest BCUT2D eigenvalue weighted by atomic mass is 79.9. The number of nitrogens with zero attached hydrogens (tertiary/aromatic N) is 11. The van der Waals surface area contributed by atoms with E-state index in [9.17, 15) is 25.7 Å². The van der Waals surface area contributed by atoms with Crippen molar-refractivity contribution < 1.29 is 34.6 Å². The Labute approximate surface area is 592 Å². The fourth-order valence-electron chi connectivity index (χ4n) is 14.7. The molecule has 3 fully saturated rings. The van der Waals surface area contributed by atoms with E-state index in [1.165, 1.54) is 0 Å². The lowest BCUT2D eigenvalue weighted by Gasteiger charge is -2.59. The Balaban J connectivity index is 0.788. The topological polar surface area (TPSA) is 280 Å². The van der Waals surface area contributed by atoms with E-state index < -0.39 is 41.2 Å². The fourth-order valence-corrected chi connectivity index (χ4v) is 15.7. The van der Waals surface area contributed by atoms with Gasteiger partial charge < -0.3 is 59.4 Å². The number of aromatic amines is 3. The third-order valence-corrected chi connectivity index (χ3v) is 21.2. The van der Waals surface area contributed by atoms with Gasteiger partial charge in [0, 0.05) is 112 Å². The van der Waals surface area contributed by atoms with Gasteiger partial charge in [0.1, 0.15) is 87.7 Å². The minimum atomic E-state index is -1.82. The number of nitrogens with one attached hydrogen (secondary N) is 3. The minimum absolute atomic E-state index is 0.0446.